The number of hydrogen-bond donors (Lipinski definition) is 1. The number of amides is 1. The van der Waals surface area contributed by atoms with E-state index < -0.39 is 11.7 Å². The fourth-order valence-electron chi connectivity index (χ4n) is 4.69. The molecule has 0 saturated carbocycles. The van der Waals surface area contributed by atoms with Crippen molar-refractivity contribution < 1.29 is 32.3 Å². The zero-order valence-corrected chi connectivity index (χ0v) is 21.9. The number of hydrogen-bond acceptors (Lipinski definition) is 4. The van der Waals surface area contributed by atoms with Gasteiger partial charge in [0.05, 0.1) is 19.6 Å². The molecule has 0 radical (unpaired) electrons. The van der Waals surface area contributed by atoms with Crippen molar-refractivity contribution in [3.05, 3.63) is 29.1 Å². The van der Waals surface area contributed by atoms with E-state index >= 15 is 0 Å². The van der Waals surface area contributed by atoms with E-state index in [0.29, 0.717) is 36.2 Å². The van der Waals surface area contributed by atoms with Crippen LogP contribution >= 0.6 is 0 Å². The Kier molecular flexibility index (Phi) is 11.8. The molecule has 3 heterocycles. The van der Waals surface area contributed by atoms with Gasteiger partial charge in [0, 0.05) is 35.4 Å². The minimum atomic E-state index is -4.47. The molecule has 1 amide bonds. The van der Waals surface area contributed by atoms with Crippen LogP contribution in [0.4, 0.5) is 13.2 Å². The van der Waals surface area contributed by atoms with Crippen molar-refractivity contribution in [3.63, 3.8) is 0 Å². The van der Waals surface area contributed by atoms with Gasteiger partial charge in [0.1, 0.15) is 12.7 Å². The number of pyridine rings is 1. The maximum absolute atomic E-state index is 13.3. The molecule has 9 heteroatoms. The number of ether oxygens (including phenoxy) is 1. The molecule has 1 fully saturated rings. The smallest absolute Gasteiger partial charge is 0.381 e. The summed E-state index contributed by atoms with van der Waals surface area (Å²) in [5.74, 6) is 0.359. The molecule has 0 spiro atoms. The largest absolute Gasteiger partial charge is 0.422 e. The fourth-order valence-corrected chi connectivity index (χ4v) is 4.69. The Morgan fingerprint density at radius 2 is 2.06 bits per heavy atom. The molecule has 0 bridgehead atoms. The van der Waals surface area contributed by atoms with E-state index in [-0.39, 0.29) is 18.4 Å². The maximum Gasteiger partial charge on any atom is 0.422 e. The van der Waals surface area contributed by atoms with E-state index in [1.807, 2.05) is 6.92 Å². The van der Waals surface area contributed by atoms with Crippen molar-refractivity contribution in [1.82, 2.24) is 10.2 Å². The molecule has 0 aliphatic carbocycles. The number of halogens is 3. The lowest BCUT2D eigenvalue weighted by molar-refractivity contribution is -0.891. The third-order valence-corrected chi connectivity index (χ3v) is 6.68. The molecule has 200 valence electrons. The number of alkyl halides is 3. The fraction of sp³-hybridized carbons (Fsp3) is 0.769. The van der Waals surface area contributed by atoms with E-state index in [1.165, 1.54) is 18.3 Å². The molecule has 3 rings (SSSR count). The van der Waals surface area contributed by atoms with Gasteiger partial charge in [0.25, 0.3) is 0 Å². The zero-order chi connectivity index (χ0) is 26.0. The summed E-state index contributed by atoms with van der Waals surface area (Å²) in [4.78, 5) is 19.8. The zero-order valence-electron chi connectivity index (χ0n) is 21.9. The van der Waals surface area contributed by atoms with Crippen LogP contribution in [0.15, 0.2) is 12.3 Å². The standard InChI is InChI=1S/C23H35F3N3O3.C3H8/c1-4-17-15-32-11-8-20(17)27-9-5-6-16(2)22(30)28-10-7-21-18(13-28)12-19(23(24,25)26)14-29(21)31-3;1-3-2/h12,14,16-17,20,27H,4-11,13,15H2,1-3H3;3H2,1-2H3/q+1;/t16-,17?,20?;/m1./s1. The number of nitrogens with one attached hydrogen (secondary N) is 1. The average molecular weight is 503 g/mol. The molecule has 1 aromatic heterocycles. The molecular weight excluding hydrogens is 459 g/mol. The Morgan fingerprint density at radius 1 is 1.34 bits per heavy atom. The topological polar surface area (TPSA) is 54.7 Å². The summed E-state index contributed by atoms with van der Waals surface area (Å²) < 4.78 is 46.5. The number of nitrogens with zero attached hydrogens (tertiary/aromatic N) is 2. The third-order valence-electron chi connectivity index (χ3n) is 6.68. The minimum Gasteiger partial charge on any atom is -0.381 e. The van der Waals surface area contributed by atoms with E-state index in [0.717, 1.165) is 57.7 Å². The van der Waals surface area contributed by atoms with E-state index in [2.05, 4.69) is 26.1 Å². The lowest BCUT2D eigenvalue weighted by Crippen LogP contribution is -2.50. The van der Waals surface area contributed by atoms with E-state index in [4.69, 9.17) is 9.57 Å². The van der Waals surface area contributed by atoms with Crippen molar-refractivity contribution in [1.29, 1.82) is 0 Å². The monoisotopic (exact) mass is 502 g/mol. The van der Waals surface area contributed by atoms with Gasteiger partial charge in [-0.3, -0.25) is 9.63 Å². The highest BCUT2D eigenvalue weighted by molar-refractivity contribution is 5.78. The first kappa shape index (κ1) is 29.4. The van der Waals surface area contributed by atoms with Crippen molar-refractivity contribution in [2.45, 2.75) is 85.0 Å². The normalized spacial score (nSPS) is 21.0. The quantitative estimate of drug-likeness (QED) is 0.428. The SMILES string of the molecule is CCC.CCC1COCCC1NCCC[C@@H](C)C(=O)N1CCc2c(cc(C(F)(F)F)c[n+]2OC)C1. The van der Waals surface area contributed by atoms with Crippen LogP contribution in [0.5, 0.6) is 0 Å². The van der Waals surface area contributed by atoms with Crippen LogP contribution in [0.1, 0.15) is 76.6 Å². The van der Waals surface area contributed by atoms with E-state index in [1.54, 1.807) is 4.90 Å². The lowest BCUT2D eigenvalue weighted by atomic mass is 9.93. The molecular formula is C26H43F3N3O3+. The average Bonchev–Trinajstić information content (AvgIpc) is 2.85. The van der Waals surface area contributed by atoms with Gasteiger partial charge in [0.2, 0.25) is 17.8 Å². The van der Waals surface area contributed by atoms with Gasteiger partial charge in [-0.1, -0.05) is 34.1 Å². The molecule has 6 nitrogen and oxygen atoms in total. The van der Waals surface area contributed by atoms with Crippen LogP contribution in [0.25, 0.3) is 0 Å². The number of fused-ring (bicyclic) bond motifs is 1. The minimum absolute atomic E-state index is 0.00507. The van der Waals surface area contributed by atoms with Gasteiger partial charge < -0.3 is 15.0 Å². The second kappa shape index (κ2) is 14.0. The van der Waals surface area contributed by atoms with Crippen molar-refractivity contribution in [3.8, 4) is 0 Å². The van der Waals surface area contributed by atoms with Gasteiger partial charge >= 0.3 is 6.18 Å². The van der Waals surface area contributed by atoms with Crippen LogP contribution in [0.3, 0.4) is 0 Å². The third kappa shape index (κ3) is 8.34. The number of carbonyl (C=O) groups excluding carboxylic acids is 1. The molecule has 35 heavy (non-hydrogen) atoms. The van der Waals surface area contributed by atoms with Crippen molar-refractivity contribution >= 4 is 5.91 Å². The molecule has 0 aromatic carbocycles. The summed E-state index contributed by atoms with van der Waals surface area (Å²) in [5.41, 5.74) is 0.397. The maximum atomic E-state index is 13.3. The number of aromatic nitrogens is 1. The van der Waals surface area contributed by atoms with Gasteiger partial charge in [-0.05, 0) is 44.2 Å². The number of rotatable bonds is 8. The van der Waals surface area contributed by atoms with Crippen LogP contribution in [0.2, 0.25) is 0 Å². The van der Waals surface area contributed by atoms with Crippen LogP contribution in [-0.4, -0.2) is 50.3 Å². The number of carbonyl (C=O) groups is 1. The first-order valence-corrected chi connectivity index (χ1v) is 12.9. The second-order valence-corrected chi connectivity index (χ2v) is 9.56. The second-order valence-electron chi connectivity index (χ2n) is 9.56. The molecule has 1 saturated heterocycles. The highest BCUT2D eigenvalue weighted by atomic mass is 19.4. The first-order chi connectivity index (χ1) is 16.7. The predicted molar refractivity (Wildman–Crippen MR) is 129 cm³/mol. The molecule has 2 unspecified atom stereocenters. The summed E-state index contributed by atoms with van der Waals surface area (Å²) in [7, 11) is 1.34. The lowest BCUT2D eigenvalue weighted by Gasteiger charge is -2.32. The molecule has 2 aliphatic heterocycles. The molecule has 1 aromatic rings. The Hall–Kier alpha value is -1.87. The van der Waals surface area contributed by atoms with Crippen LogP contribution in [-0.2, 0) is 28.7 Å². The predicted octanol–water partition coefficient (Wildman–Crippen LogP) is 4.17. The summed E-state index contributed by atoms with van der Waals surface area (Å²) in [5, 5.41) is 3.61. The van der Waals surface area contributed by atoms with Crippen LogP contribution < -0.4 is 14.9 Å². The first-order valence-electron chi connectivity index (χ1n) is 12.9. The molecule has 2 aliphatic rings. The van der Waals surface area contributed by atoms with Gasteiger partial charge in [-0.2, -0.15) is 13.2 Å². The Balaban J connectivity index is 0.00000137. The van der Waals surface area contributed by atoms with Gasteiger partial charge in [0.15, 0.2) is 0 Å². The van der Waals surface area contributed by atoms with Crippen molar-refractivity contribution in [2.75, 3.05) is 33.4 Å². The Bertz CT molecular complexity index is 804. The Labute approximate surface area is 208 Å². The summed E-state index contributed by atoms with van der Waals surface area (Å²) in [6.45, 7) is 11.4. The van der Waals surface area contributed by atoms with Crippen LogP contribution in [0, 0.1) is 11.8 Å². The molecule has 1 N–H and O–H groups in total. The Morgan fingerprint density at radius 3 is 2.69 bits per heavy atom. The van der Waals surface area contributed by atoms with Gasteiger partial charge in [-0.15, -0.1) is 0 Å². The van der Waals surface area contributed by atoms with Crippen molar-refractivity contribution in [2.24, 2.45) is 11.8 Å². The molecule has 3 atom stereocenters. The van der Waals surface area contributed by atoms with E-state index in [9.17, 15) is 18.0 Å². The van der Waals surface area contributed by atoms with Gasteiger partial charge in [-0.25, -0.2) is 0 Å². The summed E-state index contributed by atoms with van der Waals surface area (Å²) >= 11 is 0. The summed E-state index contributed by atoms with van der Waals surface area (Å²) in [6, 6.07) is 1.60. The highest BCUT2D eigenvalue weighted by Crippen LogP contribution is 2.31. The summed E-state index contributed by atoms with van der Waals surface area (Å²) in [6.07, 6.45) is 1.94. The highest BCUT2D eigenvalue weighted by Gasteiger charge is 2.38.